The van der Waals surface area contributed by atoms with Crippen molar-refractivity contribution in [3.8, 4) is 45.6 Å². The molecule has 11 atom stereocenters. The molecule has 2 saturated heterocycles. The van der Waals surface area contributed by atoms with Crippen LogP contribution >= 0.6 is 0 Å². The summed E-state index contributed by atoms with van der Waals surface area (Å²) < 4.78 is 39.7. The molecule has 1 aliphatic carbocycles. The first-order valence-corrected chi connectivity index (χ1v) is 17.9. The van der Waals surface area contributed by atoms with Gasteiger partial charge in [-0.15, -0.1) is 0 Å². The van der Waals surface area contributed by atoms with Gasteiger partial charge in [0.1, 0.15) is 72.2 Å². The number of aromatic hydroxyl groups is 2. The number of aliphatic hydroxyl groups excluding tert-OH is 7. The summed E-state index contributed by atoms with van der Waals surface area (Å²) in [7, 11) is 0. The van der Waals surface area contributed by atoms with Crippen molar-refractivity contribution in [1.29, 1.82) is 0 Å². The summed E-state index contributed by atoms with van der Waals surface area (Å²) in [6.45, 7) is -1.42. The summed E-state index contributed by atoms with van der Waals surface area (Å²) in [5, 5.41) is 103. The minimum atomic E-state index is -2.01. The smallest absolute Gasteiger partial charge is 0.317 e. The fraction of sp³-hybridized carbons (Fsp3) is 0.359. The summed E-state index contributed by atoms with van der Waals surface area (Å²) in [4.78, 5) is 35.8. The number of esters is 1. The topological polar surface area (TPSA) is 322 Å². The zero-order chi connectivity index (χ0) is 42.5. The number of carboxylic acids is 1. The molecule has 0 saturated carbocycles. The van der Waals surface area contributed by atoms with Gasteiger partial charge in [-0.2, -0.15) is 0 Å². The fourth-order valence-corrected chi connectivity index (χ4v) is 6.20. The van der Waals surface area contributed by atoms with Gasteiger partial charge in [0.2, 0.25) is 12.6 Å². The standard InChI is InChI=1S/C39H40O20/c40-15-26-37(59-30(47)14-28(44)45)33(50)35(52)39(57-26)55-24-12-21(43)11-23-22(24)13-25(36(54-23)18-4-8-20(42)9-5-18)56-38-34(51)32(49)31(48)27(58-38)16-53-29(46)10-3-17-1-6-19(41)7-2-17/h1-13,26-27,29,31-35,37-42,46,48-52H,14-16H2,(H,44,45). The van der Waals surface area contributed by atoms with Crippen LogP contribution in [0.3, 0.4) is 0 Å². The molecule has 0 aromatic heterocycles. The van der Waals surface area contributed by atoms with Crippen LogP contribution in [0.5, 0.6) is 23.0 Å². The van der Waals surface area contributed by atoms with E-state index in [2.05, 4.69) is 0 Å². The highest BCUT2D eigenvalue weighted by atomic mass is 16.7. The number of rotatable bonds is 14. The second kappa shape index (κ2) is 18.5. The lowest BCUT2D eigenvalue weighted by Crippen LogP contribution is -2.61. The minimum Gasteiger partial charge on any atom is -0.508 e. The number of ether oxygens (including phenoxy) is 6. The number of phenolic OH excluding ortho intramolecular Hbond substituents is 2. The third kappa shape index (κ3) is 10.1. The maximum absolute atomic E-state index is 12.9. The van der Waals surface area contributed by atoms with Crippen LogP contribution in [0.25, 0.3) is 28.7 Å². The van der Waals surface area contributed by atoms with E-state index in [1.54, 1.807) is 12.1 Å². The summed E-state index contributed by atoms with van der Waals surface area (Å²) in [5.74, 6) is -3.72. The molecule has 11 unspecified atom stereocenters. The quantitative estimate of drug-likeness (QED) is 0.0425. The zero-order valence-electron chi connectivity index (χ0n) is 30.5. The van der Waals surface area contributed by atoms with Crippen LogP contribution in [0.4, 0.5) is 0 Å². The first kappa shape index (κ1) is 42.9. The lowest BCUT2D eigenvalue weighted by molar-refractivity contribution is -0.284. The van der Waals surface area contributed by atoms with E-state index in [9.17, 15) is 60.3 Å². The molecule has 4 aliphatic rings. The number of carboxylic acid groups (broad SMARTS) is 1. The fourth-order valence-electron chi connectivity index (χ4n) is 6.20. The molecule has 3 heterocycles. The van der Waals surface area contributed by atoms with Crippen molar-refractivity contribution in [1.82, 2.24) is 0 Å². The maximum Gasteiger partial charge on any atom is 0.317 e. The van der Waals surface area contributed by atoms with E-state index in [1.165, 1.54) is 54.6 Å². The Hall–Kier alpha value is -5.65. The number of benzene rings is 3. The van der Waals surface area contributed by atoms with Crippen molar-refractivity contribution in [2.45, 2.75) is 74.1 Å². The molecule has 0 spiro atoms. The number of aliphatic carboxylic acids is 1. The third-order valence-electron chi connectivity index (χ3n) is 9.23. The number of carbonyl (C=O) groups is 2. The highest BCUT2D eigenvalue weighted by Crippen LogP contribution is 2.43. The monoisotopic (exact) mass is 828 g/mol. The lowest BCUT2D eigenvalue weighted by atomic mass is 9.98. The van der Waals surface area contributed by atoms with Crippen molar-refractivity contribution in [3.05, 3.63) is 88.6 Å². The molecule has 59 heavy (non-hydrogen) atoms. The molecular weight excluding hydrogens is 788 g/mol. The van der Waals surface area contributed by atoms with Crippen molar-refractivity contribution in [2.75, 3.05) is 13.2 Å². The van der Waals surface area contributed by atoms with Crippen molar-refractivity contribution in [3.63, 3.8) is 0 Å². The van der Waals surface area contributed by atoms with Crippen LogP contribution in [0.1, 0.15) is 12.0 Å². The van der Waals surface area contributed by atoms with Gasteiger partial charge in [0.15, 0.2) is 29.3 Å². The van der Waals surface area contributed by atoms with E-state index in [0.29, 0.717) is 5.56 Å². The number of hydrogen-bond acceptors (Lipinski definition) is 19. The maximum atomic E-state index is 12.9. The molecule has 6 rings (SSSR count). The lowest BCUT2D eigenvalue weighted by Gasteiger charge is -2.41. The zero-order valence-corrected chi connectivity index (χ0v) is 30.5. The molecule has 3 aliphatic heterocycles. The van der Waals surface area contributed by atoms with Crippen molar-refractivity contribution in [2.24, 2.45) is 0 Å². The van der Waals surface area contributed by atoms with Crippen LogP contribution in [0.15, 0.2) is 82.0 Å². The summed E-state index contributed by atoms with van der Waals surface area (Å²) in [6.07, 6.45) is -17.6. The average Bonchev–Trinajstić information content (AvgIpc) is 3.20. The van der Waals surface area contributed by atoms with E-state index in [0.717, 1.165) is 12.1 Å². The molecule has 10 N–H and O–H groups in total. The van der Waals surface area contributed by atoms with Crippen LogP contribution < -0.4 is 14.9 Å². The molecule has 316 valence electrons. The Morgan fingerprint density at radius 1 is 0.763 bits per heavy atom. The van der Waals surface area contributed by atoms with Crippen molar-refractivity contribution < 1.29 is 93.5 Å². The summed E-state index contributed by atoms with van der Waals surface area (Å²) in [5.41, 5.74) is 0.156. The Balaban J connectivity index is 1.28. The Kier molecular flexibility index (Phi) is 13.5. The van der Waals surface area contributed by atoms with E-state index in [1.807, 2.05) is 0 Å². The van der Waals surface area contributed by atoms with Crippen LogP contribution in [0.2, 0.25) is 0 Å². The first-order valence-electron chi connectivity index (χ1n) is 17.9. The van der Waals surface area contributed by atoms with E-state index in [-0.39, 0.29) is 45.6 Å². The molecule has 20 nitrogen and oxygen atoms in total. The van der Waals surface area contributed by atoms with Crippen LogP contribution in [-0.4, -0.2) is 144 Å². The van der Waals surface area contributed by atoms with Gasteiger partial charge in [-0.25, -0.2) is 0 Å². The van der Waals surface area contributed by atoms with E-state index in [4.69, 9.17) is 37.9 Å². The average molecular weight is 829 g/mol. The van der Waals surface area contributed by atoms with Gasteiger partial charge in [0.25, 0.3) is 0 Å². The Bertz CT molecular complexity index is 2120. The van der Waals surface area contributed by atoms with E-state index < -0.39 is 105 Å². The third-order valence-corrected chi connectivity index (χ3v) is 9.23. The SMILES string of the molecule is O=C(O)CC(=O)OC1C(CO)OC(Oc2cc(=O)cc3oc(-c4ccc(O)cc4)c(OC4OC(COC(O)C=Cc5ccc(O)cc5)C(O)C(O)C4O)cc2-3)C(O)C1O. The van der Waals surface area contributed by atoms with Crippen LogP contribution in [0, 0.1) is 0 Å². The number of aliphatic hydroxyl groups is 7. The molecule has 2 aromatic carbocycles. The van der Waals surface area contributed by atoms with E-state index >= 15 is 0 Å². The molecule has 2 fully saturated rings. The van der Waals surface area contributed by atoms with Gasteiger partial charge in [0.05, 0.1) is 18.8 Å². The highest BCUT2D eigenvalue weighted by molar-refractivity contribution is 5.90. The molecular formula is C39H40O20. The van der Waals surface area contributed by atoms with Gasteiger partial charge in [-0.3, -0.25) is 14.4 Å². The summed E-state index contributed by atoms with van der Waals surface area (Å²) in [6, 6.07) is 14.8. The molecule has 2 aromatic rings. The second-order valence-corrected chi connectivity index (χ2v) is 13.5. The Morgan fingerprint density at radius 3 is 2.02 bits per heavy atom. The van der Waals surface area contributed by atoms with Gasteiger partial charge >= 0.3 is 11.9 Å². The van der Waals surface area contributed by atoms with Crippen LogP contribution in [-0.2, 0) is 28.5 Å². The second-order valence-electron chi connectivity index (χ2n) is 13.5. The predicted octanol–water partition coefficient (Wildman–Crippen LogP) is -0.738. The number of carbonyl (C=O) groups excluding carboxylic acids is 1. The van der Waals surface area contributed by atoms with Gasteiger partial charge in [0, 0.05) is 17.7 Å². The Morgan fingerprint density at radius 2 is 1.37 bits per heavy atom. The number of phenols is 2. The van der Waals surface area contributed by atoms with Gasteiger partial charge in [-0.05, 0) is 54.1 Å². The first-order chi connectivity index (χ1) is 28.1. The summed E-state index contributed by atoms with van der Waals surface area (Å²) >= 11 is 0. The molecule has 0 radical (unpaired) electrons. The predicted molar refractivity (Wildman–Crippen MR) is 196 cm³/mol. The number of hydrogen-bond donors (Lipinski definition) is 10. The molecule has 20 heteroatoms. The highest BCUT2D eigenvalue weighted by Gasteiger charge is 2.49. The molecule has 0 bridgehead atoms. The largest absolute Gasteiger partial charge is 0.508 e. The van der Waals surface area contributed by atoms with Crippen molar-refractivity contribution >= 4 is 18.0 Å². The number of fused-ring (bicyclic) bond motifs is 1. The normalized spacial score (nSPS) is 27.6. The van der Waals surface area contributed by atoms with Gasteiger partial charge in [-0.1, -0.05) is 18.2 Å². The van der Waals surface area contributed by atoms with Gasteiger partial charge < -0.3 is 83.9 Å². The minimum absolute atomic E-state index is 0.0442. The Labute approximate surface area is 332 Å². The molecule has 0 amide bonds.